The molecule has 1 N–H and O–H groups in total. The lowest BCUT2D eigenvalue weighted by Crippen LogP contribution is -2.41. The third-order valence-corrected chi connectivity index (χ3v) is 8.21. The first kappa shape index (κ1) is 20.7. The third kappa shape index (κ3) is 3.90. The van der Waals surface area contributed by atoms with Gasteiger partial charge in [0.05, 0.1) is 15.1 Å². The molecule has 10 heteroatoms. The first-order valence-electron chi connectivity index (χ1n) is 9.42. The van der Waals surface area contributed by atoms with Crippen LogP contribution in [0.4, 0.5) is 10.1 Å². The number of piperidine rings is 1. The van der Waals surface area contributed by atoms with Crippen molar-refractivity contribution in [2.75, 3.05) is 18.4 Å². The van der Waals surface area contributed by atoms with Crippen LogP contribution in [0.2, 0.25) is 0 Å². The maximum atomic E-state index is 13.3. The normalized spacial score (nSPS) is 16.1. The number of nitrogens with one attached hydrogen (secondary N) is 1. The number of carbonyl (C=O) groups is 1. The Balaban J connectivity index is 1.45. The molecule has 1 saturated heterocycles. The minimum absolute atomic E-state index is 0.138. The zero-order valence-corrected chi connectivity index (χ0v) is 17.8. The molecule has 2 heterocycles. The van der Waals surface area contributed by atoms with Crippen molar-refractivity contribution in [3.8, 4) is 0 Å². The van der Waals surface area contributed by atoms with Crippen molar-refractivity contribution in [1.29, 1.82) is 0 Å². The van der Waals surface area contributed by atoms with Gasteiger partial charge in [-0.1, -0.05) is 17.4 Å². The standard InChI is InChI=1S/C20H20FN3O4S2/c1-23-17-6-5-16(12-18(17)29-20(23)26)30(27,28)24-9-7-13(8-10-24)19(25)22-15-4-2-3-14(21)11-15/h2-6,11-13H,7-10H2,1H3,(H,22,25). The number of aryl methyl sites for hydroxylation is 1. The Morgan fingerprint density at radius 3 is 2.60 bits per heavy atom. The molecule has 2 aromatic carbocycles. The summed E-state index contributed by atoms with van der Waals surface area (Å²) in [5.41, 5.74) is 1.07. The second-order valence-corrected chi connectivity index (χ2v) is 10.2. The molecule has 0 saturated carbocycles. The lowest BCUT2D eigenvalue weighted by Gasteiger charge is -2.30. The Kier molecular flexibility index (Phi) is 5.48. The van der Waals surface area contributed by atoms with Crippen molar-refractivity contribution in [2.24, 2.45) is 13.0 Å². The van der Waals surface area contributed by atoms with Crippen LogP contribution in [-0.4, -0.2) is 36.3 Å². The van der Waals surface area contributed by atoms with Gasteiger partial charge in [-0.15, -0.1) is 0 Å². The number of thiazole rings is 1. The Hall–Kier alpha value is -2.56. The van der Waals surface area contributed by atoms with Gasteiger partial charge in [0.15, 0.2) is 0 Å². The van der Waals surface area contributed by atoms with Crippen LogP contribution in [0.5, 0.6) is 0 Å². The maximum absolute atomic E-state index is 13.3. The van der Waals surface area contributed by atoms with Gasteiger partial charge in [0.1, 0.15) is 5.82 Å². The fourth-order valence-corrected chi connectivity index (χ4v) is 6.08. The summed E-state index contributed by atoms with van der Waals surface area (Å²) in [5.74, 6) is -1.02. The van der Waals surface area contributed by atoms with E-state index in [2.05, 4.69) is 5.32 Å². The molecule has 7 nitrogen and oxygen atoms in total. The zero-order chi connectivity index (χ0) is 21.5. The number of nitrogens with zero attached hydrogens (tertiary/aromatic N) is 2. The monoisotopic (exact) mass is 449 g/mol. The first-order chi connectivity index (χ1) is 14.3. The summed E-state index contributed by atoms with van der Waals surface area (Å²) < 4.78 is 42.8. The number of amides is 1. The van der Waals surface area contributed by atoms with Crippen molar-refractivity contribution in [3.63, 3.8) is 0 Å². The first-order valence-corrected chi connectivity index (χ1v) is 11.7. The molecule has 3 aromatic rings. The van der Waals surface area contributed by atoms with Crippen LogP contribution in [0.25, 0.3) is 10.2 Å². The number of fused-ring (bicyclic) bond motifs is 1. The van der Waals surface area contributed by atoms with E-state index in [1.54, 1.807) is 19.2 Å². The second kappa shape index (κ2) is 7.93. The predicted octanol–water partition coefficient (Wildman–Crippen LogP) is 2.78. The molecular formula is C20H20FN3O4S2. The van der Waals surface area contributed by atoms with Crippen molar-refractivity contribution >= 4 is 43.2 Å². The SMILES string of the molecule is Cn1c(=O)sc2cc(S(=O)(=O)N3CCC(C(=O)Nc4cccc(F)c4)CC3)ccc21. The van der Waals surface area contributed by atoms with Crippen molar-refractivity contribution in [2.45, 2.75) is 17.7 Å². The molecule has 1 aromatic heterocycles. The molecule has 1 aliphatic rings. The number of hydrogen-bond donors (Lipinski definition) is 1. The molecule has 0 aliphatic carbocycles. The molecule has 158 valence electrons. The lowest BCUT2D eigenvalue weighted by molar-refractivity contribution is -0.120. The van der Waals surface area contributed by atoms with Gasteiger partial charge in [-0.25, -0.2) is 12.8 Å². The van der Waals surface area contributed by atoms with E-state index in [1.165, 1.54) is 39.2 Å². The summed E-state index contributed by atoms with van der Waals surface area (Å²) in [6.07, 6.45) is 0.753. The highest BCUT2D eigenvalue weighted by Gasteiger charge is 2.32. The zero-order valence-electron chi connectivity index (χ0n) is 16.2. The Morgan fingerprint density at radius 2 is 1.90 bits per heavy atom. The van der Waals surface area contributed by atoms with E-state index in [1.807, 2.05) is 0 Å². The second-order valence-electron chi connectivity index (χ2n) is 7.23. The number of hydrogen-bond acceptors (Lipinski definition) is 5. The van der Waals surface area contributed by atoms with Crippen LogP contribution < -0.4 is 10.2 Å². The Morgan fingerprint density at radius 1 is 1.17 bits per heavy atom. The largest absolute Gasteiger partial charge is 0.326 e. The molecule has 4 rings (SSSR count). The molecule has 1 aliphatic heterocycles. The Labute approximate surface area is 176 Å². The molecule has 0 radical (unpaired) electrons. The fourth-order valence-electron chi connectivity index (χ4n) is 3.59. The number of benzene rings is 2. The maximum Gasteiger partial charge on any atom is 0.307 e. The average Bonchev–Trinajstić information content (AvgIpc) is 3.01. The van der Waals surface area contributed by atoms with E-state index >= 15 is 0 Å². The number of sulfonamides is 1. The van der Waals surface area contributed by atoms with Crippen molar-refractivity contribution in [1.82, 2.24) is 8.87 Å². The van der Waals surface area contributed by atoms with E-state index in [0.29, 0.717) is 28.7 Å². The smallest absolute Gasteiger partial charge is 0.307 e. The number of halogens is 1. The van der Waals surface area contributed by atoms with Gasteiger partial charge in [-0.05, 0) is 49.2 Å². The third-order valence-electron chi connectivity index (χ3n) is 5.32. The lowest BCUT2D eigenvalue weighted by atomic mass is 9.97. The predicted molar refractivity (Wildman–Crippen MR) is 114 cm³/mol. The van der Waals surface area contributed by atoms with Gasteiger partial charge < -0.3 is 9.88 Å². The van der Waals surface area contributed by atoms with E-state index in [0.717, 1.165) is 11.3 Å². The van der Waals surface area contributed by atoms with Crippen molar-refractivity contribution in [3.05, 3.63) is 57.9 Å². The van der Waals surface area contributed by atoms with Gasteiger partial charge in [-0.3, -0.25) is 9.59 Å². The molecule has 1 amide bonds. The summed E-state index contributed by atoms with van der Waals surface area (Å²) in [7, 11) is -2.08. The number of aromatic nitrogens is 1. The van der Waals surface area contributed by atoms with Crippen LogP contribution in [0.3, 0.4) is 0 Å². The van der Waals surface area contributed by atoms with Crippen LogP contribution in [-0.2, 0) is 21.9 Å². The van der Waals surface area contributed by atoms with Crippen molar-refractivity contribution < 1.29 is 17.6 Å². The van der Waals surface area contributed by atoms with E-state index in [4.69, 9.17) is 0 Å². The molecule has 0 atom stereocenters. The number of carbonyl (C=O) groups excluding carboxylic acids is 1. The van der Waals surface area contributed by atoms with E-state index in [9.17, 15) is 22.4 Å². The minimum Gasteiger partial charge on any atom is -0.326 e. The highest BCUT2D eigenvalue weighted by molar-refractivity contribution is 7.89. The summed E-state index contributed by atoms with van der Waals surface area (Å²) in [6, 6.07) is 10.3. The van der Waals surface area contributed by atoms with Crippen LogP contribution in [0, 0.1) is 11.7 Å². The highest BCUT2D eigenvalue weighted by atomic mass is 32.2. The topological polar surface area (TPSA) is 88.5 Å². The number of rotatable bonds is 4. The van der Waals surface area contributed by atoms with Crippen LogP contribution in [0.1, 0.15) is 12.8 Å². The van der Waals surface area contributed by atoms with Gasteiger partial charge in [0.2, 0.25) is 15.9 Å². The minimum atomic E-state index is -3.72. The summed E-state index contributed by atoms with van der Waals surface area (Å²) in [6.45, 7) is 0.430. The van der Waals surface area contributed by atoms with Gasteiger partial charge >= 0.3 is 4.87 Å². The molecule has 1 fully saturated rings. The van der Waals surface area contributed by atoms with E-state index in [-0.39, 0.29) is 34.7 Å². The summed E-state index contributed by atoms with van der Waals surface area (Å²) >= 11 is 1.01. The average molecular weight is 450 g/mol. The molecule has 0 spiro atoms. The van der Waals surface area contributed by atoms with Gasteiger partial charge in [0, 0.05) is 31.7 Å². The highest BCUT2D eigenvalue weighted by Crippen LogP contribution is 2.27. The quantitative estimate of drug-likeness (QED) is 0.663. The van der Waals surface area contributed by atoms with Gasteiger partial charge in [-0.2, -0.15) is 4.31 Å². The van der Waals surface area contributed by atoms with Crippen LogP contribution in [0.15, 0.2) is 52.2 Å². The molecule has 30 heavy (non-hydrogen) atoms. The number of anilines is 1. The summed E-state index contributed by atoms with van der Waals surface area (Å²) in [5, 5.41) is 2.69. The Bertz CT molecular complexity index is 1270. The molecule has 0 bridgehead atoms. The van der Waals surface area contributed by atoms with E-state index < -0.39 is 15.8 Å². The van der Waals surface area contributed by atoms with Crippen LogP contribution >= 0.6 is 11.3 Å². The molecular weight excluding hydrogens is 429 g/mol. The fraction of sp³-hybridized carbons (Fsp3) is 0.300. The molecule has 0 unspecified atom stereocenters. The summed E-state index contributed by atoms with van der Waals surface area (Å²) in [4.78, 5) is 24.3. The van der Waals surface area contributed by atoms with Gasteiger partial charge in [0.25, 0.3) is 0 Å².